The SMILES string of the molecule is CCNC(=O)Nc1cc(-c2nc(C(F)(F)F)cs2)c(-c2cc(OCCN(C)C)nc(C(=O)OC)c2)cn1. The number of nitrogens with zero attached hydrogens (tertiary/aromatic N) is 4. The van der Waals surface area contributed by atoms with Crippen molar-refractivity contribution in [2.24, 2.45) is 0 Å². The second kappa shape index (κ2) is 12.0. The molecule has 14 heteroatoms. The summed E-state index contributed by atoms with van der Waals surface area (Å²) in [6.45, 7) is 2.94. The van der Waals surface area contributed by atoms with Crippen LogP contribution in [0.15, 0.2) is 29.8 Å². The molecule has 198 valence electrons. The number of nitrogens with one attached hydrogen (secondary N) is 2. The molecule has 10 nitrogen and oxygen atoms in total. The molecule has 0 radical (unpaired) electrons. The first-order chi connectivity index (χ1) is 17.5. The largest absolute Gasteiger partial charge is 0.476 e. The topological polar surface area (TPSA) is 119 Å². The lowest BCUT2D eigenvalue weighted by atomic mass is 10.0. The van der Waals surface area contributed by atoms with Crippen LogP contribution in [0.1, 0.15) is 23.1 Å². The summed E-state index contributed by atoms with van der Waals surface area (Å²) < 4.78 is 50.3. The molecule has 2 N–H and O–H groups in total. The highest BCUT2D eigenvalue weighted by atomic mass is 32.1. The lowest BCUT2D eigenvalue weighted by Crippen LogP contribution is -2.28. The van der Waals surface area contributed by atoms with E-state index in [1.54, 1.807) is 6.92 Å². The minimum absolute atomic E-state index is 0.0372. The Kier molecular flexibility index (Phi) is 8.99. The van der Waals surface area contributed by atoms with Crippen molar-refractivity contribution in [1.82, 2.24) is 25.2 Å². The molecule has 3 rings (SSSR count). The Hall–Kier alpha value is -3.78. The molecule has 0 aliphatic carbocycles. The summed E-state index contributed by atoms with van der Waals surface area (Å²) in [6, 6.07) is 3.84. The number of thiazole rings is 1. The van der Waals surface area contributed by atoms with Crippen molar-refractivity contribution in [3.8, 4) is 27.6 Å². The maximum atomic E-state index is 13.3. The molecule has 0 atom stereocenters. The fourth-order valence-electron chi connectivity index (χ4n) is 3.06. The maximum absolute atomic E-state index is 13.3. The van der Waals surface area contributed by atoms with Gasteiger partial charge in [-0.05, 0) is 38.7 Å². The third-order valence-corrected chi connectivity index (χ3v) is 5.68. The number of halogens is 3. The zero-order valence-electron chi connectivity index (χ0n) is 20.5. The van der Waals surface area contributed by atoms with Crippen LogP contribution in [0.4, 0.5) is 23.8 Å². The zero-order chi connectivity index (χ0) is 27.2. The molecule has 0 aromatic carbocycles. The number of methoxy groups -OCH3 is 1. The first kappa shape index (κ1) is 27.8. The highest BCUT2D eigenvalue weighted by Crippen LogP contribution is 2.39. The standard InChI is InChI=1S/C23H25F3N6O4S/c1-5-27-22(34)31-18-10-14(20-30-17(12-37-20)23(24,25)26)15(11-28-18)13-8-16(21(33)35-4)29-19(9-13)36-7-6-32(2)3/h8-12H,5-7H2,1-4H3,(H2,27,28,31,34). The number of rotatable bonds is 9. The number of ether oxygens (including phenoxy) is 2. The molecule has 0 unspecified atom stereocenters. The van der Waals surface area contributed by atoms with Gasteiger partial charge in [-0.25, -0.2) is 24.5 Å². The van der Waals surface area contributed by atoms with Crippen molar-refractivity contribution in [1.29, 1.82) is 0 Å². The predicted molar refractivity (Wildman–Crippen MR) is 132 cm³/mol. The molecule has 0 spiro atoms. The van der Waals surface area contributed by atoms with Crippen LogP contribution in [0, 0.1) is 0 Å². The van der Waals surface area contributed by atoms with Gasteiger partial charge in [0.25, 0.3) is 0 Å². The number of pyridine rings is 2. The normalized spacial score (nSPS) is 11.4. The van der Waals surface area contributed by atoms with Crippen molar-refractivity contribution < 1.29 is 32.2 Å². The van der Waals surface area contributed by atoms with Crippen molar-refractivity contribution in [3.05, 3.63) is 41.2 Å². The Bertz CT molecular complexity index is 1270. The Morgan fingerprint density at radius 3 is 2.51 bits per heavy atom. The molecule has 3 aromatic heterocycles. The highest BCUT2D eigenvalue weighted by molar-refractivity contribution is 7.13. The third kappa shape index (κ3) is 7.36. The summed E-state index contributed by atoms with van der Waals surface area (Å²) in [5.74, 6) is -0.513. The van der Waals surface area contributed by atoms with E-state index in [9.17, 15) is 22.8 Å². The lowest BCUT2D eigenvalue weighted by Gasteiger charge is -2.14. The summed E-state index contributed by atoms with van der Waals surface area (Å²) >= 11 is 0.781. The number of hydrogen-bond donors (Lipinski definition) is 2. The number of carbonyl (C=O) groups is 2. The van der Waals surface area contributed by atoms with Crippen LogP contribution in [0.25, 0.3) is 21.7 Å². The summed E-state index contributed by atoms with van der Waals surface area (Å²) in [6.07, 6.45) is -3.27. The summed E-state index contributed by atoms with van der Waals surface area (Å²) in [5, 5.41) is 6.03. The van der Waals surface area contributed by atoms with E-state index in [1.807, 2.05) is 19.0 Å². The Morgan fingerprint density at radius 1 is 1.14 bits per heavy atom. The molecule has 3 aromatic rings. The van der Waals surface area contributed by atoms with Crippen LogP contribution in [0.3, 0.4) is 0 Å². The fourth-order valence-corrected chi connectivity index (χ4v) is 3.91. The molecule has 2 amide bonds. The number of likely N-dealkylation sites (N-methyl/N-ethyl adjacent to an activating group) is 1. The van der Waals surface area contributed by atoms with E-state index in [1.165, 1.54) is 31.5 Å². The smallest absolute Gasteiger partial charge is 0.434 e. The quantitative estimate of drug-likeness (QED) is 0.390. The Balaban J connectivity index is 2.14. The Labute approximate surface area is 214 Å². The van der Waals surface area contributed by atoms with Gasteiger partial charge >= 0.3 is 18.2 Å². The van der Waals surface area contributed by atoms with Crippen LogP contribution >= 0.6 is 11.3 Å². The zero-order valence-corrected chi connectivity index (χ0v) is 21.3. The van der Waals surface area contributed by atoms with Crippen molar-refractivity contribution in [2.75, 3.05) is 46.2 Å². The van der Waals surface area contributed by atoms with Crippen molar-refractivity contribution >= 4 is 29.2 Å². The highest BCUT2D eigenvalue weighted by Gasteiger charge is 2.34. The average Bonchev–Trinajstić information content (AvgIpc) is 3.34. The molecule has 0 saturated heterocycles. The van der Waals surface area contributed by atoms with Gasteiger partial charge < -0.3 is 19.7 Å². The maximum Gasteiger partial charge on any atom is 0.434 e. The lowest BCUT2D eigenvalue weighted by molar-refractivity contribution is -0.140. The van der Waals surface area contributed by atoms with Crippen LogP contribution in [0.2, 0.25) is 0 Å². The molecule has 37 heavy (non-hydrogen) atoms. The average molecular weight is 539 g/mol. The van der Waals surface area contributed by atoms with Gasteiger partial charge in [-0.1, -0.05) is 0 Å². The fraction of sp³-hybridized carbons (Fsp3) is 0.348. The van der Waals surface area contributed by atoms with E-state index in [4.69, 9.17) is 9.47 Å². The molecule has 0 saturated carbocycles. The summed E-state index contributed by atoms with van der Waals surface area (Å²) in [5.41, 5.74) is -0.138. The minimum Gasteiger partial charge on any atom is -0.476 e. The second-order valence-electron chi connectivity index (χ2n) is 7.86. The summed E-state index contributed by atoms with van der Waals surface area (Å²) in [4.78, 5) is 38.3. The van der Waals surface area contributed by atoms with E-state index in [-0.39, 0.29) is 34.6 Å². The van der Waals surface area contributed by atoms with E-state index in [0.29, 0.717) is 24.2 Å². The first-order valence-corrected chi connectivity index (χ1v) is 11.9. The van der Waals surface area contributed by atoms with E-state index >= 15 is 0 Å². The minimum atomic E-state index is -4.63. The molecule has 0 aliphatic heterocycles. The number of alkyl halides is 3. The van der Waals surface area contributed by atoms with E-state index in [2.05, 4.69) is 25.6 Å². The predicted octanol–water partition coefficient (Wildman–Crippen LogP) is 4.15. The van der Waals surface area contributed by atoms with Crippen LogP contribution in [0.5, 0.6) is 5.88 Å². The van der Waals surface area contributed by atoms with Gasteiger partial charge in [0.15, 0.2) is 11.4 Å². The number of anilines is 1. The summed E-state index contributed by atoms with van der Waals surface area (Å²) in [7, 11) is 4.93. The van der Waals surface area contributed by atoms with Gasteiger partial charge in [0.1, 0.15) is 17.4 Å². The van der Waals surface area contributed by atoms with Gasteiger partial charge in [-0.3, -0.25) is 5.32 Å². The number of esters is 1. The number of amides is 2. The molecule has 0 fully saturated rings. The van der Waals surface area contributed by atoms with Gasteiger partial charge in [0, 0.05) is 41.9 Å². The Morgan fingerprint density at radius 2 is 1.89 bits per heavy atom. The molecular weight excluding hydrogens is 513 g/mol. The second-order valence-corrected chi connectivity index (χ2v) is 8.72. The van der Waals surface area contributed by atoms with Gasteiger partial charge in [0.2, 0.25) is 5.88 Å². The van der Waals surface area contributed by atoms with Gasteiger partial charge in [0.05, 0.1) is 7.11 Å². The van der Waals surface area contributed by atoms with Crippen LogP contribution in [-0.4, -0.2) is 72.8 Å². The van der Waals surface area contributed by atoms with Crippen molar-refractivity contribution in [2.45, 2.75) is 13.1 Å². The number of hydrogen-bond acceptors (Lipinski definition) is 9. The molecule has 0 aliphatic rings. The van der Waals surface area contributed by atoms with Crippen LogP contribution < -0.4 is 15.4 Å². The van der Waals surface area contributed by atoms with E-state index in [0.717, 1.165) is 16.7 Å². The van der Waals surface area contributed by atoms with Crippen LogP contribution in [-0.2, 0) is 10.9 Å². The third-order valence-electron chi connectivity index (χ3n) is 4.80. The van der Waals surface area contributed by atoms with Gasteiger partial charge in [-0.2, -0.15) is 13.2 Å². The van der Waals surface area contributed by atoms with Gasteiger partial charge in [-0.15, -0.1) is 11.3 Å². The molecular formula is C23H25F3N6O4S. The molecule has 3 heterocycles. The monoisotopic (exact) mass is 538 g/mol. The number of urea groups is 1. The van der Waals surface area contributed by atoms with Crippen molar-refractivity contribution in [3.63, 3.8) is 0 Å². The number of aromatic nitrogens is 3. The molecule has 0 bridgehead atoms. The number of carbonyl (C=O) groups excluding carboxylic acids is 2. The first-order valence-electron chi connectivity index (χ1n) is 11.0. The van der Waals surface area contributed by atoms with E-state index < -0.39 is 23.9 Å².